The van der Waals surface area contributed by atoms with E-state index >= 15 is 0 Å². The van der Waals surface area contributed by atoms with Crippen LogP contribution in [0.5, 0.6) is 0 Å². The molecule has 0 saturated heterocycles. The molecule has 0 N–H and O–H groups in total. The topological polar surface area (TPSA) is 29.0 Å². The van der Waals surface area contributed by atoms with Crippen molar-refractivity contribution in [3.63, 3.8) is 0 Å². The molecule has 1 aliphatic carbocycles. The second kappa shape index (κ2) is 5.87. The molecule has 1 aromatic heterocycles. The molecule has 100 valence electrons. The van der Waals surface area contributed by atoms with Crippen LogP contribution in [0.4, 0.5) is 5.82 Å². The van der Waals surface area contributed by atoms with Crippen molar-refractivity contribution in [3.8, 4) is 0 Å². The minimum absolute atomic E-state index is 0.450. The molecule has 0 amide bonds. The maximum Gasteiger partial charge on any atom is 0.134 e. The zero-order valence-corrected chi connectivity index (χ0v) is 12.2. The number of nitrogens with zero attached hydrogens (tertiary/aromatic N) is 3. The van der Waals surface area contributed by atoms with E-state index in [1.54, 1.807) is 0 Å². The lowest BCUT2D eigenvalue weighted by atomic mass is 10.2. The Morgan fingerprint density at radius 2 is 2.11 bits per heavy atom. The van der Waals surface area contributed by atoms with Gasteiger partial charge in [-0.15, -0.1) is 0 Å². The molecule has 0 aromatic carbocycles. The Labute approximate surface area is 115 Å². The van der Waals surface area contributed by atoms with Gasteiger partial charge in [0.1, 0.15) is 16.8 Å². The molecule has 3 nitrogen and oxygen atoms in total. The number of aryl methyl sites for hydroxylation is 1. The van der Waals surface area contributed by atoms with Crippen LogP contribution in [0, 0.1) is 5.92 Å². The summed E-state index contributed by atoms with van der Waals surface area (Å²) in [6.45, 7) is 7.64. The Morgan fingerprint density at radius 1 is 1.39 bits per heavy atom. The van der Waals surface area contributed by atoms with Crippen LogP contribution in [0.1, 0.15) is 45.9 Å². The van der Waals surface area contributed by atoms with Gasteiger partial charge in [0.05, 0.1) is 0 Å². The van der Waals surface area contributed by atoms with E-state index in [-0.39, 0.29) is 0 Å². The Bertz CT molecular complexity index is 402. The molecule has 0 radical (unpaired) electrons. The zero-order valence-electron chi connectivity index (χ0n) is 11.5. The van der Waals surface area contributed by atoms with Gasteiger partial charge in [-0.1, -0.05) is 18.5 Å². The number of hydrogen-bond acceptors (Lipinski definition) is 3. The highest BCUT2D eigenvalue weighted by Gasteiger charge is 2.26. The van der Waals surface area contributed by atoms with E-state index in [0.29, 0.717) is 11.2 Å². The van der Waals surface area contributed by atoms with Crippen LogP contribution in [0.2, 0.25) is 5.15 Å². The van der Waals surface area contributed by atoms with Crippen LogP contribution in [-0.4, -0.2) is 22.6 Å². The summed E-state index contributed by atoms with van der Waals surface area (Å²) in [5.41, 5.74) is 0. The van der Waals surface area contributed by atoms with Gasteiger partial charge in [-0.25, -0.2) is 9.97 Å². The molecule has 1 aromatic rings. The summed E-state index contributed by atoms with van der Waals surface area (Å²) >= 11 is 6.11. The Hall–Kier alpha value is -0.830. The fourth-order valence-corrected chi connectivity index (χ4v) is 2.28. The number of halogens is 1. The fourth-order valence-electron chi connectivity index (χ4n) is 2.08. The molecule has 0 spiro atoms. The van der Waals surface area contributed by atoms with Crippen LogP contribution < -0.4 is 4.90 Å². The average Bonchev–Trinajstić information content (AvgIpc) is 3.08. The van der Waals surface area contributed by atoms with E-state index in [1.165, 1.54) is 12.8 Å². The smallest absolute Gasteiger partial charge is 0.134 e. The largest absolute Gasteiger partial charge is 0.354 e. The Morgan fingerprint density at radius 3 is 2.67 bits per heavy atom. The van der Waals surface area contributed by atoms with Crippen molar-refractivity contribution in [1.82, 2.24) is 9.97 Å². The first-order chi connectivity index (χ1) is 8.60. The van der Waals surface area contributed by atoms with Gasteiger partial charge < -0.3 is 4.90 Å². The normalized spacial score (nSPS) is 15.2. The summed E-state index contributed by atoms with van der Waals surface area (Å²) in [5, 5.41) is 0.560. The van der Waals surface area contributed by atoms with Crippen molar-refractivity contribution in [3.05, 3.63) is 17.0 Å². The molecular weight excluding hydrogens is 246 g/mol. The van der Waals surface area contributed by atoms with E-state index in [4.69, 9.17) is 11.6 Å². The van der Waals surface area contributed by atoms with Crippen LogP contribution in [-0.2, 0) is 6.42 Å². The van der Waals surface area contributed by atoms with Crippen LogP contribution in [0.25, 0.3) is 0 Å². The number of aromatic nitrogens is 2. The third kappa shape index (κ3) is 3.58. The molecular formula is C14H22ClN3. The standard InChI is InChI=1S/C14H22ClN3/c1-4-5-13-16-12(15)8-14(17-13)18(10(2)3)9-11-6-7-11/h8,10-11H,4-7,9H2,1-3H3. The molecule has 1 saturated carbocycles. The molecule has 1 aliphatic rings. The summed E-state index contributed by atoms with van der Waals surface area (Å²) < 4.78 is 0. The minimum Gasteiger partial charge on any atom is -0.354 e. The van der Waals surface area contributed by atoms with E-state index < -0.39 is 0 Å². The average molecular weight is 268 g/mol. The fraction of sp³-hybridized carbons (Fsp3) is 0.714. The van der Waals surface area contributed by atoms with Crippen LogP contribution >= 0.6 is 11.6 Å². The number of rotatable bonds is 6. The highest BCUT2D eigenvalue weighted by atomic mass is 35.5. The zero-order chi connectivity index (χ0) is 13.1. The summed E-state index contributed by atoms with van der Waals surface area (Å²) in [5.74, 6) is 2.69. The summed E-state index contributed by atoms with van der Waals surface area (Å²) in [6, 6.07) is 2.34. The lowest BCUT2D eigenvalue weighted by Gasteiger charge is -2.28. The van der Waals surface area contributed by atoms with Gasteiger partial charge in [-0.05, 0) is 39.0 Å². The van der Waals surface area contributed by atoms with Gasteiger partial charge in [0.2, 0.25) is 0 Å². The highest BCUT2D eigenvalue weighted by molar-refractivity contribution is 6.29. The molecule has 4 heteroatoms. The summed E-state index contributed by atoms with van der Waals surface area (Å²) in [4.78, 5) is 11.3. The molecule has 2 rings (SSSR count). The molecule has 1 fully saturated rings. The molecule has 1 heterocycles. The number of hydrogen-bond donors (Lipinski definition) is 0. The summed E-state index contributed by atoms with van der Waals surface area (Å²) in [6.07, 6.45) is 4.64. The van der Waals surface area contributed by atoms with Crippen molar-refractivity contribution in [2.45, 2.75) is 52.5 Å². The van der Waals surface area contributed by atoms with Gasteiger partial charge in [-0.3, -0.25) is 0 Å². The SMILES string of the molecule is CCCc1nc(Cl)cc(N(CC2CC2)C(C)C)n1. The first-order valence-electron chi connectivity index (χ1n) is 6.90. The second-order valence-electron chi connectivity index (χ2n) is 5.40. The third-order valence-corrected chi connectivity index (χ3v) is 3.46. The maximum atomic E-state index is 6.11. The lowest BCUT2D eigenvalue weighted by molar-refractivity contribution is 0.632. The second-order valence-corrected chi connectivity index (χ2v) is 5.79. The predicted octanol–water partition coefficient (Wildman–Crippen LogP) is 3.71. The first-order valence-corrected chi connectivity index (χ1v) is 7.28. The van der Waals surface area contributed by atoms with Gasteiger partial charge in [0.25, 0.3) is 0 Å². The van der Waals surface area contributed by atoms with Gasteiger partial charge in [0.15, 0.2) is 0 Å². The molecule has 0 aliphatic heterocycles. The van der Waals surface area contributed by atoms with Crippen molar-refractivity contribution in [2.24, 2.45) is 5.92 Å². The Balaban J connectivity index is 2.21. The van der Waals surface area contributed by atoms with Crippen molar-refractivity contribution >= 4 is 17.4 Å². The van der Waals surface area contributed by atoms with Gasteiger partial charge in [-0.2, -0.15) is 0 Å². The van der Waals surface area contributed by atoms with Crippen LogP contribution in [0.15, 0.2) is 6.07 Å². The van der Waals surface area contributed by atoms with E-state index in [9.17, 15) is 0 Å². The molecule has 18 heavy (non-hydrogen) atoms. The van der Waals surface area contributed by atoms with Crippen molar-refractivity contribution in [2.75, 3.05) is 11.4 Å². The van der Waals surface area contributed by atoms with E-state index in [2.05, 4.69) is 35.6 Å². The van der Waals surface area contributed by atoms with Gasteiger partial charge >= 0.3 is 0 Å². The Kier molecular flexibility index (Phi) is 4.44. The first kappa shape index (κ1) is 13.6. The van der Waals surface area contributed by atoms with E-state index in [1.807, 2.05) is 6.07 Å². The predicted molar refractivity (Wildman–Crippen MR) is 76.2 cm³/mol. The quantitative estimate of drug-likeness (QED) is 0.736. The van der Waals surface area contributed by atoms with Crippen LogP contribution in [0.3, 0.4) is 0 Å². The summed E-state index contributed by atoms with van der Waals surface area (Å²) in [7, 11) is 0. The highest BCUT2D eigenvalue weighted by Crippen LogP contribution is 2.32. The maximum absolute atomic E-state index is 6.11. The molecule has 0 bridgehead atoms. The van der Waals surface area contributed by atoms with Crippen molar-refractivity contribution < 1.29 is 0 Å². The minimum atomic E-state index is 0.450. The van der Waals surface area contributed by atoms with E-state index in [0.717, 1.165) is 36.9 Å². The van der Waals surface area contributed by atoms with Crippen molar-refractivity contribution in [1.29, 1.82) is 0 Å². The molecule has 0 unspecified atom stereocenters. The van der Waals surface area contributed by atoms with Gasteiger partial charge in [0, 0.05) is 25.1 Å². The number of anilines is 1. The lowest BCUT2D eigenvalue weighted by Crippen LogP contribution is -2.33. The third-order valence-electron chi connectivity index (χ3n) is 3.27. The monoisotopic (exact) mass is 267 g/mol. The molecule has 0 atom stereocenters.